The molecule has 0 spiro atoms. The molecule has 2 rings (SSSR count). The molecule has 0 aromatic carbocycles. The molecule has 0 aliphatic heterocycles. The van der Waals surface area contributed by atoms with Crippen molar-refractivity contribution in [3.8, 4) is 23.0 Å². The number of hydrogen-bond donors (Lipinski definition) is 1. The average molecular weight is 305 g/mol. The number of amides is 1. The van der Waals surface area contributed by atoms with E-state index in [4.69, 9.17) is 11.5 Å². The van der Waals surface area contributed by atoms with E-state index in [1.165, 1.54) is 11.3 Å². The Kier molecular flexibility index (Phi) is 4.63. The predicted molar refractivity (Wildman–Crippen MR) is 74.2 cm³/mol. The molecule has 2 aromatic rings. The highest BCUT2D eigenvalue weighted by molar-refractivity contribution is 7.13. The second-order valence-electron chi connectivity index (χ2n) is 3.97. The van der Waals surface area contributed by atoms with E-state index in [0.717, 1.165) is 14.6 Å². The number of carboxylic acid groups (broad SMARTS) is 1. The van der Waals surface area contributed by atoms with E-state index in [1.807, 2.05) is 17.5 Å². The van der Waals surface area contributed by atoms with Crippen molar-refractivity contribution in [2.45, 2.75) is 6.54 Å². The summed E-state index contributed by atoms with van der Waals surface area (Å²) in [6.45, 7) is -0.763. The zero-order valence-corrected chi connectivity index (χ0v) is 11.7. The number of terminal acetylenes is 1. The van der Waals surface area contributed by atoms with E-state index < -0.39 is 18.4 Å². The number of carbonyl (C=O) groups excluding carboxylic acids is 1. The van der Waals surface area contributed by atoms with Gasteiger partial charge in [0, 0.05) is 0 Å². The number of hydrogen-bond acceptors (Lipinski definition) is 6. The van der Waals surface area contributed by atoms with Gasteiger partial charge in [0.15, 0.2) is 0 Å². The van der Waals surface area contributed by atoms with Gasteiger partial charge in [0.05, 0.1) is 11.4 Å². The fourth-order valence-electron chi connectivity index (χ4n) is 1.54. The van der Waals surface area contributed by atoms with Crippen LogP contribution in [0, 0.1) is 12.3 Å². The Morgan fingerprint density at radius 3 is 2.95 bits per heavy atom. The minimum Gasteiger partial charge on any atom is -0.480 e. The third-order valence-corrected chi connectivity index (χ3v) is 3.30. The highest BCUT2D eigenvalue weighted by Gasteiger charge is 2.18. The van der Waals surface area contributed by atoms with E-state index in [2.05, 4.69) is 21.3 Å². The van der Waals surface area contributed by atoms with Gasteiger partial charge in [-0.25, -0.2) is 0 Å². The Labute approximate surface area is 124 Å². The van der Waals surface area contributed by atoms with Gasteiger partial charge in [0.25, 0.3) is 0 Å². The van der Waals surface area contributed by atoms with E-state index in [9.17, 15) is 9.59 Å². The van der Waals surface area contributed by atoms with E-state index >= 15 is 0 Å². The fraction of sp³-hybridized carbons (Fsp3) is 0.250. The van der Waals surface area contributed by atoms with Crippen LogP contribution in [0.25, 0.3) is 10.7 Å². The second kappa shape index (κ2) is 6.62. The molecule has 0 aliphatic carbocycles. The zero-order chi connectivity index (χ0) is 15.2. The molecule has 0 radical (unpaired) electrons. The molecule has 1 N–H and O–H groups in total. The van der Waals surface area contributed by atoms with Crippen LogP contribution in [0.4, 0.5) is 0 Å². The summed E-state index contributed by atoms with van der Waals surface area (Å²) in [4.78, 5) is 25.6. The molecule has 2 aromatic heterocycles. The van der Waals surface area contributed by atoms with Crippen LogP contribution in [-0.4, -0.2) is 55.2 Å². The Balaban J connectivity index is 2.05. The van der Waals surface area contributed by atoms with Crippen molar-refractivity contribution in [3.05, 3.63) is 17.5 Å². The maximum atomic E-state index is 12.0. The molecule has 2 heterocycles. The third-order valence-electron chi connectivity index (χ3n) is 2.43. The Morgan fingerprint density at radius 1 is 1.52 bits per heavy atom. The van der Waals surface area contributed by atoms with Gasteiger partial charge in [-0.3, -0.25) is 9.59 Å². The van der Waals surface area contributed by atoms with Crippen LogP contribution in [0.15, 0.2) is 17.5 Å². The first-order valence-electron chi connectivity index (χ1n) is 5.85. The minimum absolute atomic E-state index is 0.0857. The van der Waals surface area contributed by atoms with Gasteiger partial charge in [-0.1, -0.05) is 12.0 Å². The Morgan fingerprint density at radius 2 is 2.33 bits per heavy atom. The number of rotatable bonds is 6. The molecule has 0 fully saturated rings. The van der Waals surface area contributed by atoms with E-state index in [1.54, 1.807) is 0 Å². The zero-order valence-electron chi connectivity index (χ0n) is 10.8. The molecule has 0 aliphatic rings. The molecule has 0 unspecified atom stereocenters. The number of carboxylic acids is 1. The molecule has 8 nitrogen and oxygen atoms in total. The lowest BCUT2D eigenvalue weighted by Crippen LogP contribution is -2.38. The molecule has 1 amide bonds. The summed E-state index contributed by atoms with van der Waals surface area (Å²) in [7, 11) is 0. The molecule has 9 heteroatoms. The largest absolute Gasteiger partial charge is 0.480 e. The monoisotopic (exact) mass is 305 g/mol. The summed E-state index contributed by atoms with van der Waals surface area (Å²) in [5.41, 5.74) is 0. The van der Waals surface area contributed by atoms with Gasteiger partial charge >= 0.3 is 5.97 Å². The van der Waals surface area contributed by atoms with Crippen LogP contribution in [0.2, 0.25) is 0 Å². The number of aromatic nitrogens is 4. The number of thiophene rings is 1. The predicted octanol–water partition coefficient (Wildman–Crippen LogP) is -0.0520. The van der Waals surface area contributed by atoms with Crippen molar-refractivity contribution < 1.29 is 14.7 Å². The van der Waals surface area contributed by atoms with Crippen molar-refractivity contribution in [2.75, 3.05) is 13.1 Å². The van der Waals surface area contributed by atoms with Gasteiger partial charge in [-0.05, 0) is 16.7 Å². The molecule has 0 saturated heterocycles. The summed E-state index contributed by atoms with van der Waals surface area (Å²) in [6, 6.07) is 3.69. The lowest BCUT2D eigenvalue weighted by molar-refractivity contribution is -0.144. The summed E-state index contributed by atoms with van der Waals surface area (Å²) < 4.78 is 0. The topological polar surface area (TPSA) is 101 Å². The molecule has 108 valence electrons. The van der Waals surface area contributed by atoms with E-state index in [-0.39, 0.29) is 13.1 Å². The maximum Gasteiger partial charge on any atom is 0.323 e. The Bertz CT molecular complexity index is 673. The quantitative estimate of drug-likeness (QED) is 0.751. The van der Waals surface area contributed by atoms with Gasteiger partial charge < -0.3 is 10.0 Å². The first kappa shape index (κ1) is 14.7. The highest BCUT2D eigenvalue weighted by atomic mass is 32.1. The van der Waals surface area contributed by atoms with Crippen LogP contribution in [0.3, 0.4) is 0 Å². The molecular formula is C12H11N5O3S. The minimum atomic E-state index is -1.13. The highest BCUT2D eigenvalue weighted by Crippen LogP contribution is 2.19. The fourth-order valence-corrected chi connectivity index (χ4v) is 2.19. The number of aliphatic carboxylic acids is 1. The maximum absolute atomic E-state index is 12.0. The van der Waals surface area contributed by atoms with Crippen LogP contribution in [0.1, 0.15) is 0 Å². The van der Waals surface area contributed by atoms with Crippen LogP contribution in [-0.2, 0) is 16.1 Å². The SMILES string of the molecule is C#CCN(CC(=O)O)C(=O)Cn1nnc(-c2cccs2)n1. The average Bonchev–Trinajstić information content (AvgIpc) is 3.07. The lowest BCUT2D eigenvalue weighted by Gasteiger charge is -2.16. The molecule has 0 bridgehead atoms. The smallest absolute Gasteiger partial charge is 0.323 e. The second-order valence-corrected chi connectivity index (χ2v) is 4.92. The summed E-state index contributed by atoms with van der Waals surface area (Å²) >= 11 is 1.45. The van der Waals surface area contributed by atoms with Crippen molar-refractivity contribution >= 4 is 23.2 Å². The van der Waals surface area contributed by atoms with E-state index in [0.29, 0.717) is 5.82 Å². The number of carbonyl (C=O) groups is 2. The molecular weight excluding hydrogens is 294 g/mol. The van der Waals surface area contributed by atoms with Crippen LogP contribution >= 0.6 is 11.3 Å². The van der Waals surface area contributed by atoms with Crippen LogP contribution < -0.4 is 0 Å². The van der Waals surface area contributed by atoms with Crippen LogP contribution in [0.5, 0.6) is 0 Å². The van der Waals surface area contributed by atoms with Gasteiger partial charge in [-0.2, -0.15) is 4.80 Å². The van der Waals surface area contributed by atoms with Gasteiger partial charge in [0.2, 0.25) is 11.7 Å². The molecule has 21 heavy (non-hydrogen) atoms. The van der Waals surface area contributed by atoms with Crippen molar-refractivity contribution in [3.63, 3.8) is 0 Å². The normalized spacial score (nSPS) is 10.0. The summed E-state index contributed by atoms with van der Waals surface area (Å²) in [5.74, 6) is 1.05. The van der Waals surface area contributed by atoms with Crippen molar-refractivity contribution in [1.82, 2.24) is 25.1 Å². The number of tetrazole rings is 1. The first-order chi connectivity index (χ1) is 10.1. The van der Waals surface area contributed by atoms with Crippen molar-refractivity contribution in [1.29, 1.82) is 0 Å². The summed E-state index contributed by atoms with van der Waals surface area (Å²) in [6.07, 6.45) is 5.12. The molecule has 0 saturated carbocycles. The number of nitrogens with zero attached hydrogens (tertiary/aromatic N) is 5. The third kappa shape index (κ3) is 3.87. The first-order valence-corrected chi connectivity index (χ1v) is 6.73. The summed E-state index contributed by atoms with van der Waals surface area (Å²) in [5, 5.41) is 22.3. The molecule has 0 atom stereocenters. The van der Waals surface area contributed by atoms with Gasteiger partial charge in [-0.15, -0.1) is 28.0 Å². The standard InChI is InChI=1S/C12H11N5O3S/c1-2-5-16(8-11(19)20)10(18)7-17-14-12(13-15-17)9-4-3-6-21-9/h1,3-4,6H,5,7-8H2,(H,19,20). The van der Waals surface area contributed by atoms with Crippen molar-refractivity contribution in [2.24, 2.45) is 0 Å². The van der Waals surface area contributed by atoms with Gasteiger partial charge in [0.1, 0.15) is 13.1 Å². The Hall–Kier alpha value is -2.73. The lowest BCUT2D eigenvalue weighted by atomic mass is 10.4.